The average molecular weight is 367 g/mol. The number of urea groups is 1. The summed E-state index contributed by atoms with van der Waals surface area (Å²) in [5, 5.41) is 22.0. The molecule has 0 fully saturated rings. The van der Waals surface area contributed by atoms with Crippen LogP contribution in [0.2, 0.25) is 0 Å². The Balaban J connectivity index is 1.67. The Morgan fingerprint density at radius 1 is 1.30 bits per heavy atom. The molecule has 1 aliphatic heterocycles. The molecule has 0 atom stereocenters. The first-order chi connectivity index (χ1) is 13.0. The number of rotatable bonds is 2. The van der Waals surface area contributed by atoms with Gasteiger partial charge in [0.25, 0.3) is 11.9 Å². The summed E-state index contributed by atoms with van der Waals surface area (Å²) in [6.07, 6.45) is 1.68. The molecule has 11 heteroatoms. The quantitative estimate of drug-likeness (QED) is 0.695. The van der Waals surface area contributed by atoms with E-state index in [-0.39, 0.29) is 24.4 Å². The summed E-state index contributed by atoms with van der Waals surface area (Å²) in [6, 6.07) is 5.10. The lowest BCUT2D eigenvalue weighted by molar-refractivity contribution is -0.113. The minimum absolute atomic E-state index is 0.172. The fourth-order valence-electron chi connectivity index (χ4n) is 2.90. The Labute approximate surface area is 153 Å². The van der Waals surface area contributed by atoms with Crippen molar-refractivity contribution < 1.29 is 9.59 Å². The van der Waals surface area contributed by atoms with Crippen molar-refractivity contribution in [3.8, 4) is 0 Å². The Hall–Kier alpha value is -3.76. The Morgan fingerprint density at radius 2 is 2.11 bits per heavy atom. The number of hydrogen-bond acceptors (Lipinski definition) is 6. The molecule has 138 valence electrons. The number of benzene rings is 1. The number of anilines is 2. The van der Waals surface area contributed by atoms with E-state index in [0.717, 1.165) is 10.9 Å². The molecule has 0 radical (unpaired) electrons. The third kappa shape index (κ3) is 2.78. The van der Waals surface area contributed by atoms with Crippen LogP contribution in [0.3, 0.4) is 0 Å². The van der Waals surface area contributed by atoms with Crippen LogP contribution in [-0.2, 0) is 11.3 Å². The van der Waals surface area contributed by atoms with E-state index in [2.05, 4.69) is 31.0 Å². The zero-order valence-corrected chi connectivity index (χ0v) is 15.0. The first kappa shape index (κ1) is 16.7. The molecule has 2 aromatic heterocycles. The number of H-pyrrole nitrogens is 1. The lowest BCUT2D eigenvalue weighted by Crippen LogP contribution is -2.43. The summed E-state index contributed by atoms with van der Waals surface area (Å²) in [7, 11) is 3.25. The molecule has 0 saturated heterocycles. The first-order valence-corrected chi connectivity index (χ1v) is 8.17. The maximum absolute atomic E-state index is 12.9. The minimum atomic E-state index is -0.339. The highest BCUT2D eigenvalue weighted by Crippen LogP contribution is 2.27. The predicted molar refractivity (Wildman–Crippen MR) is 96.8 cm³/mol. The summed E-state index contributed by atoms with van der Waals surface area (Å²) in [5.41, 5.74) is 2.39. The third-order valence-corrected chi connectivity index (χ3v) is 4.34. The molecule has 4 rings (SSSR count). The second-order valence-electron chi connectivity index (χ2n) is 6.34. The summed E-state index contributed by atoms with van der Waals surface area (Å²) in [5.74, 6) is -0.0457. The molecule has 0 aliphatic carbocycles. The standard InChI is InChI=1S/C16H17N9O2/c1-9-12(8-24-15(20-21-22-24)25(9)16(27)23(2)3)14(26)18-11-4-5-13-10(6-11)7-17-19-13/h4-7H,8H2,1-3H3,(H,17,19)(H,18,26). The molecule has 0 saturated carbocycles. The number of fused-ring (bicyclic) bond motifs is 2. The molecule has 3 aromatic rings. The van der Waals surface area contributed by atoms with Gasteiger partial charge in [-0.05, 0) is 35.5 Å². The van der Waals surface area contributed by atoms with Crippen molar-refractivity contribution in [2.24, 2.45) is 0 Å². The topological polar surface area (TPSA) is 125 Å². The number of aromatic nitrogens is 6. The molecule has 1 aromatic carbocycles. The summed E-state index contributed by atoms with van der Waals surface area (Å²) >= 11 is 0. The van der Waals surface area contributed by atoms with E-state index in [1.165, 1.54) is 14.5 Å². The Kier molecular flexibility index (Phi) is 3.83. The van der Waals surface area contributed by atoms with E-state index < -0.39 is 0 Å². The van der Waals surface area contributed by atoms with Gasteiger partial charge in [-0.1, -0.05) is 5.10 Å². The minimum Gasteiger partial charge on any atom is -0.330 e. The van der Waals surface area contributed by atoms with E-state index in [9.17, 15) is 9.59 Å². The van der Waals surface area contributed by atoms with Crippen LogP contribution in [0.5, 0.6) is 0 Å². The number of allylic oxidation sites excluding steroid dienone is 1. The van der Waals surface area contributed by atoms with Crippen molar-refractivity contribution in [1.29, 1.82) is 0 Å². The first-order valence-electron chi connectivity index (χ1n) is 8.17. The highest BCUT2D eigenvalue weighted by Gasteiger charge is 2.33. The summed E-state index contributed by atoms with van der Waals surface area (Å²) < 4.78 is 1.42. The molecular weight excluding hydrogens is 350 g/mol. The van der Waals surface area contributed by atoms with Gasteiger partial charge < -0.3 is 10.2 Å². The molecule has 2 N–H and O–H groups in total. The lowest BCUT2D eigenvalue weighted by atomic mass is 10.1. The monoisotopic (exact) mass is 367 g/mol. The number of aromatic amines is 1. The van der Waals surface area contributed by atoms with Crippen LogP contribution >= 0.6 is 0 Å². The van der Waals surface area contributed by atoms with Crippen molar-refractivity contribution in [3.63, 3.8) is 0 Å². The third-order valence-electron chi connectivity index (χ3n) is 4.34. The zero-order valence-electron chi connectivity index (χ0n) is 15.0. The molecule has 0 unspecified atom stereocenters. The number of nitrogens with one attached hydrogen (secondary N) is 2. The van der Waals surface area contributed by atoms with E-state index in [4.69, 9.17) is 0 Å². The largest absolute Gasteiger partial charge is 0.330 e. The second kappa shape index (κ2) is 6.20. The molecule has 11 nitrogen and oxygen atoms in total. The van der Waals surface area contributed by atoms with Gasteiger partial charge in [0.05, 0.1) is 23.8 Å². The fourth-order valence-corrected chi connectivity index (χ4v) is 2.90. The van der Waals surface area contributed by atoms with Gasteiger partial charge in [0.2, 0.25) is 0 Å². The SMILES string of the molecule is CC1=C(C(=O)Nc2ccc3[nH]ncc3c2)Cn2nnnc2N1C(=O)N(C)C. The maximum atomic E-state index is 12.9. The Morgan fingerprint density at radius 3 is 2.89 bits per heavy atom. The van der Waals surface area contributed by atoms with E-state index >= 15 is 0 Å². The van der Waals surface area contributed by atoms with E-state index in [0.29, 0.717) is 17.0 Å². The van der Waals surface area contributed by atoms with Crippen molar-refractivity contribution in [2.75, 3.05) is 24.3 Å². The van der Waals surface area contributed by atoms with Crippen LogP contribution in [-0.4, -0.2) is 61.3 Å². The normalized spacial score (nSPS) is 13.7. The molecule has 3 amide bonds. The van der Waals surface area contributed by atoms with Crippen LogP contribution in [0.15, 0.2) is 35.7 Å². The van der Waals surface area contributed by atoms with Gasteiger partial charge in [0, 0.05) is 30.9 Å². The van der Waals surface area contributed by atoms with Crippen molar-refractivity contribution in [3.05, 3.63) is 35.7 Å². The smallest absolute Gasteiger partial charge is 0.330 e. The van der Waals surface area contributed by atoms with Gasteiger partial charge >= 0.3 is 6.03 Å². The van der Waals surface area contributed by atoms with Crippen LogP contribution in [0.25, 0.3) is 10.9 Å². The second-order valence-corrected chi connectivity index (χ2v) is 6.34. The number of tetrazole rings is 1. The molecular formula is C16H17N9O2. The van der Waals surface area contributed by atoms with Crippen molar-refractivity contribution in [2.45, 2.75) is 13.5 Å². The molecule has 27 heavy (non-hydrogen) atoms. The van der Waals surface area contributed by atoms with Gasteiger partial charge in [0.1, 0.15) is 0 Å². The van der Waals surface area contributed by atoms with Crippen molar-refractivity contribution >= 4 is 34.5 Å². The molecule has 0 bridgehead atoms. The summed E-state index contributed by atoms with van der Waals surface area (Å²) in [6.45, 7) is 1.87. The van der Waals surface area contributed by atoms with Gasteiger partial charge in [-0.25, -0.2) is 14.4 Å². The van der Waals surface area contributed by atoms with Crippen molar-refractivity contribution in [1.82, 2.24) is 35.3 Å². The molecule has 3 heterocycles. The van der Waals surface area contributed by atoms with Crippen LogP contribution in [0.1, 0.15) is 6.92 Å². The van der Waals surface area contributed by atoms with Gasteiger partial charge in [-0.2, -0.15) is 5.10 Å². The predicted octanol–water partition coefficient (Wildman–Crippen LogP) is 0.964. The maximum Gasteiger partial charge on any atom is 0.330 e. The zero-order chi connectivity index (χ0) is 19.1. The molecule has 0 spiro atoms. The number of hydrogen-bond donors (Lipinski definition) is 2. The number of carbonyl (C=O) groups is 2. The highest BCUT2D eigenvalue weighted by atomic mass is 16.2. The fraction of sp³-hybridized carbons (Fsp3) is 0.250. The van der Waals surface area contributed by atoms with E-state index in [1.54, 1.807) is 33.3 Å². The average Bonchev–Trinajstić information content (AvgIpc) is 3.28. The molecule has 1 aliphatic rings. The van der Waals surface area contributed by atoms with Crippen LogP contribution < -0.4 is 10.2 Å². The van der Waals surface area contributed by atoms with Crippen LogP contribution in [0, 0.1) is 0 Å². The van der Waals surface area contributed by atoms with Gasteiger partial charge in [-0.3, -0.25) is 9.89 Å². The number of nitrogens with zero attached hydrogens (tertiary/aromatic N) is 7. The Bertz CT molecular complexity index is 1080. The number of amides is 3. The highest BCUT2D eigenvalue weighted by molar-refractivity contribution is 6.07. The van der Waals surface area contributed by atoms with Gasteiger partial charge in [0.15, 0.2) is 0 Å². The summed E-state index contributed by atoms with van der Waals surface area (Å²) in [4.78, 5) is 28.2. The lowest BCUT2D eigenvalue weighted by Gasteiger charge is -2.30. The van der Waals surface area contributed by atoms with Gasteiger partial charge in [-0.15, -0.1) is 0 Å². The van der Waals surface area contributed by atoms with E-state index in [1.807, 2.05) is 12.1 Å². The number of carbonyl (C=O) groups excluding carboxylic acids is 2. The van der Waals surface area contributed by atoms with Crippen LogP contribution in [0.4, 0.5) is 16.4 Å².